The number of Topliss-reactive ketones (excluding diaryl/α,β-unsaturated/α-hetero) is 2. The topological polar surface area (TPSA) is 34.1 Å². The van der Waals surface area contributed by atoms with Gasteiger partial charge in [-0.1, -0.05) is 12.2 Å². The molecule has 0 spiro atoms. The quantitative estimate of drug-likeness (QED) is 0.533. The van der Waals surface area contributed by atoms with Crippen LogP contribution in [0.1, 0.15) is 13.8 Å². The zero-order valence-corrected chi connectivity index (χ0v) is 6.13. The lowest BCUT2D eigenvalue weighted by molar-refractivity contribution is -0.128. The van der Waals surface area contributed by atoms with Crippen LogP contribution >= 0.6 is 0 Å². The van der Waals surface area contributed by atoms with E-state index in [1.165, 1.54) is 13.8 Å². The maximum atomic E-state index is 10.7. The zero-order chi connectivity index (χ0) is 7.72. The molecular weight excluding hydrogens is 128 g/mol. The van der Waals surface area contributed by atoms with Crippen LogP contribution in [-0.4, -0.2) is 11.6 Å². The van der Waals surface area contributed by atoms with Gasteiger partial charge in [-0.15, -0.1) is 0 Å². The van der Waals surface area contributed by atoms with Crippen molar-refractivity contribution >= 4 is 11.6 Å². The fourth-order valence-corrected chi connectivity index (χ4v) is 1.11. The molecule has 2 atom stereocenters. The predicted molar refractivity (Wildman–Crippen MR) is 37.5 cm³/mol. The third-order valence-electron chi connectivity index (χ3n) is 1.85. The zero-order valence-electron chi connectivity index (χ0n) is 6.13. The first kappa shape index (κ1) is 7.19. The molecule has 0 heterocycles. The highest BCUT2D eigenvalue weighted by Gasteiger charge is 2.30. The lowest BCUT2D eigenvalue weighted by Crippen LogP contribution is -2.30. The minimum atomic E-state index is -0.127. The summed E-state index contributed by atoms with van der Waals surface area (Å²) in [5.41, 5.74) is 0. The molecule has 0 unspecified atom stereocenters. The number of rotatable bonds is 2. The normalized spacial score (nSPS) is 29.4. The number of hydrogen-bond acceptors (Lipinski definition) is 2. The molecule has 0 aromatic carbocycles. The molecule has 0 radical (unpaired) electrons. The van der Waals surface area contributed by atoms with Crippen LogP contribution in [0.3, 0.4) is 0 Å². The Labute approximate surface area is 59.9 Å². The van der Waals surface area contributed by atoms with Crippen molar-refractivity contribution in [3.05, 3.63) is 12.2 Å². The third kappa shape index (κ3) is 1.01. The summed E-state index contributed by atoms with van der Waals surface area (Å²) in [4.78, 5) is 21.5. The van der Waals surface area contributed by atoms with Crippen molar-refractivity contribution in [1.29, 1.82) is 0 Å². The van der Waals surface area contributed by atoms with Gasteiger partial charge in [0, 0.05) is 11.8 Å². The minimum absolute atomic E-state index is 0.0858. The van der Waals surface area contributed by atoms with E-state index in [2.05, 4.69) is 0 Å². The number of carbonyl (C=O) groups is 2. The number of carbonyl (C=O) groups excluding carboxylic acids is 2. The van der Waals surface area contributed by atoms with E-state index in [-0.39, 0.29) is 23.4 Å². The van der Waals surface area contributed by atoms with Crippen molar-refractivity contribution in [2.24, 2.45) is 11.8 Å². The van der Waals surface area contributed by atoms with Gasteiger partial charge in [0.2, 0.25) is 0 Å². The van der Waals surface area contributed by atoms with Gasteiger partial charge in [0.25, 0.3) is 0 Å². The maximum Gasteiger partial charge on any atom is 0.137 e. The van der Waals surface area contributed by atoms with Crippen molar-refractivity contribution < 1.29 is 9.59 Å². The van der Waals surface area contributed by atoms with Crippen LogP contribution in [0.4, 0.5) is 0 Å². The average Bonchev–Trinajstić information content (AvgIpc) is 1.56. The van der Waals surface area contributed by atoms with E-state index < -0.39 is 0 Å². The highest BCUT2D eigenvalue weighted by atomic mass is 16.1. The molecule has 1 aliphatic rings. The fourth-order valence-electron chi connectivity index (χ4n) is 1.11. The molecular formula is C8H10O2. The monoisotopic (exact) mass is 138 g/mol. The van der Waals surface area contributed by atoms with Crippen LogP contribution in [0.2, 0.25) is 0 Å². The summed E-state index contributed by atoms with van der Waals surface area (Å²) in [5, 5.41) is 0. The molecule has 0 fully saturated rings. The summed E-state index contributed by atoms with van der Waals surface area (Å²) in [6, 6.07) is 0. The van der Waals surface area contributed by atoms with Crippen LogP contribution in [-0.2, 0) is 9.59 Å². The van der Waals surface area contributed by atoms with Gasteiger partial charge in [-0.05, 0) is 13.8 Å². The summed E-state index contributed by atoms with van der Waals surface area (Å²) in [5.74, 6) is -0.0830. The van der Waals surface area contributed by atoms with Crippen molar-refractivity contribution in [1.82, 2.24) is 0 Å². The van der Waals surface area contributed by atoms with E-state index in [0.717, 1.165) is 0 Å². The van der Waals surface area contributed by atoms with Crippen molar-refractivity contribution in [3.8, 4) is 0 Å². The van der Waals surface area contributed by atoms with E-state index in [1.54, 1.807) is 12.2 Å². The predicted octanol–water partition coefficient (Wildman–Crippen LogP) is 0.967. The van der Waals surface area contributed by atoms with Crippen LogP contribution < -0.4 is 0 Å². The maximum absolute atomic E-state index is 10.7. The van der Waals surface area contributed by atoms with Crippen molar-refractivity contribution in [2.45, 2.75) is 13.8 Å². The molecule has 0 bridgehead atoms. The first-order valence-corrected chi connectivity index (χ1v) is 3.32. The molecule has 54 valence electrons. The Balaban J connectivity index is 2.63. The Morgan fingerprint density at radius 2 is 1.30 bits per heavy atom. The second-order valence-electron chi connectivity index (χ2n) is 2.66. The van der Waals surface area contributed by atoms with E-state index >= 15 is 0 Å². The van der Waals surface area contributed by atoms with Crippen molar-refractivity contribution in [3.63, 3.8) is 0 Å². The Hall–Kier alpha value is -0.920. The molecule has 2 heteroatoms. The highest BCUT2D eigenvalue weighted by molar-refractivity contribution is 5.92. The van der Waals surface area contributed by atoms with E-state index in [1.807, 2.05) is 0 Å². The minimum Gasteiger partial charge on any atom is -0.299 e. The Morgan fingerprint density at radius 1 is 1.00 bits per heavy atom. The molecule has 10 heavy (non-hydrogen) atoms. The van der Waals surface area contributed by atoms with Gasteiger partial charge >= 0.3 is 0 Å². The first-order valence-electron chi connectivity index (χ1n) is 3.32. The van der Waals surface area contributed by atoms with E-state index in [9.17, 15) is 9.59 Å². The Bertz CT molecular complexity index is 181. The van der Waals surface area contributed by atoms with Gasteiger partial charge < -0.3 is 0 Å². The molecule has 1 aliphatic carbocycles. The molecule has 0 amide bonds. The van der Waals surface area contributed by atoms with Gasteiger partial charge in [-0.3, -0.25) is 9.59 Å². The van der Waals surface area contributed by atoms with Crippen LogP contribution in [0.5, 0.6) is 0 Å². The summed E-state index contributed by atoms with van der Waals surface area (Å²) in [6.45, 7) is 3.04. The van der Waals surface area contributed by atoms with Gasteiger partial charge in [0.1, 0.15) is 11.6 Å². The first-order chi connectivity index (χ1) is 4.63. The van der Waals surface area contributed by atoms with E-state index in [0.29, 0.717) is 0 Å². The molecule has 1 rings (SSSR count). The second-order valence-corrected chi connectivity index (χ2v) is 2.66. The number of hydrogen-bond donors (Lipinski definition) is 0. The molecule has 0 N–H and O–H groups in total. The molecule has 0 saturated heterocycles. The van der Waals surface area contributed by atoms with Gasteiger partial charge in [0.15, 0.2) is 0 Å². The average molecular weight is 138 g/mol. The molecule has 0 aliphatic heterocycles. The smallest absolute Gasteiger partial charge is 0.137 e. The van der Waals surface area contributed by atoms with Crippen LogP contribution in [0.15, 0.2) is 12.2 Å². The summed E-state index contributed by atoms with van der Waals surface area (Å²) in [6.07, 6.45) is 3.57. The summed E-state index contributed by atoms with van der Waals surface area (Å²) in [7, 11) is 0. The SMILES string of the molecule is CC(=O)[C@H]1C=C[C@H]1C(C)=O. The van der Waals surface area contributed by atoms with Gasteiger partial charge in [-0.25, -0.2) is 0 Å². The molecule has 0 aromatic heterocycles. The Morgan fingerprint density at radius 3 is 1.40 bits per heavy atom. The summed E-state index contributed by atoms with van der Waals surface area (Å²) >= 11 is 0. The molecule has 0 saturated carbocycles. The largest absolute Gasteiger partial charge is 0.299 e. The Kier molecular flexibility index (Phi) is 1.70. The lowest BCUT2D eigenvalue weighted by atomic mass is 9.77. The highest BCUT2D eigenvalue weighted by Crippen LogP contribution is 2.26. The molecule has 0 aromatic rings. The summed E-state index contributed by atoms with van der Waals surface area (Å²) < 4.78 is 0. The van der Waals surface area contributed by atoms with Crippen LogP contribution in [0.25, 0.3) is 0 Å². The number of allylic oxidation sites excluding steroid dienone is 2. The lowest BCUT2D eigenvalue weighted by Gasteiger charge is -2.24. The third-order valence-corrected chi connectivity index (χ3v) is 1.85. The van der Waals surface area contributed by atoms with Gasteiger partial charge in [0.05, 0.1) is 0 Å². The fraction of sp³-hybridized carbons (Fsp3) is 0.500. The van der Waals surface area contributed by atoms with Gasteiger partial charge in [-0.2, -0.15) is 0 Å². The van der Waals surface area contributed by atoms with Crippen molar-refractivity contribution in [2.75, 3.05) is 0 Å². The standard InChI is InChI=1S/C8H10O2/c1-5(9)7-3-4-8(7)6(2)10/h3-4,7-8H,1-2H3/t7-,8+. The second kappa shape index (κ2) is 2.37. The molecule has 2 nitrogen and oxygen atoms in total. The number of ketones is 2. The van der Waals surface area contributed by atoms with E-state index in [4.69, 9.17) is 0 Å². The van der Waals surface area contributed by atoms with Crippen LogP contribution in [0, 0.1) is 11.8 Å².